The lowest BCUT2D eigenvalue weighted by Gasteiger charge is -1.98. The minimum atomic E-state index is -3.21. The summed E-state index contributed by atoms with van der Waals surface area (Å²) in [6, 6.07) is 1.59. The molecule has 0 bridgehead atoms. The fourth-order valence-electron chi connectivity index (χ4n) is 0.551. The molecule has 0 aliphatic carbocycles. The molecule has 1 N–H and O–H groups in total. The second-order valence-electron chi connectivity index (χ2n) is 2.04. The zero-order chi connectivity index (χ0) is 9.03. The van der Waals surface area contributed by atoms with Crippen LogP contribution in [-0.4, -0.2) is 18.2 Å². The fraction of sp³-hybridized carbons (Fsp3) is 0.400. The van der Waals surface area contributed by atoms with Gasteiger partial charge < -0.3 is 4.52 Å². The predicted molar refractivity (Wildman–Crippen MR) is 46.1 cm³/mol. The average molecular weight is 255 g/mol. The Morgan fingerprint density at radius 1 is 1.67 bits per heavy atom. The molecule has 0 radical (unpaired) electrons. The van der Waals surface area contributed by atoms with E-state index in [1.165, 1.54) is 6.26 Å². The van der Waals surface area contributed by atoms with Gasteiger partial charge in [-0.25, -0.2) is 13.1 Å². The molecule has 0 spiro atoms. The molecule has 0 saturated carbocycles. The smallest absolute Gasteiger partial charge is 0.221 e. The van der Waals surface area contributed by atoms with E-state index < -0.39 is 10.0 Å². The lowest BCUT2D eigenvalue weighted by atomic mass is 10.5. The molecular formula is C5H7BrN2O3S. The summed E-state index contributed by atoms with van der Waals surface area (Å²) in [5.41, 5.74) is 0.555. The molecule has 68 valence electrons. The highest BCUT2D eigenvalue weighted by Gasteiger charge is 2.07. The second kappa shape index (κ2) is 4.01. The summed E-state index contributed by atoms with van der Waals surface area (Å²) in [6.07, 6.45) is 1.39. The van der Waals surface area contributed by atoms with Gasteiger partial charge in [0.25, 0.3) is 0 Å². The largest absolute Gasteiger partial charge is 0.364 e. The number of nitrogens with zero attached hydrogens (tertiary/aromatic N) is 1. The third-order valence-electron chi connectivity index (χ3n) is 1.11. The molecule has 1 heterocycles. The Labute approximate surface area is 78.3 Å². The van der Waals surface area contributed by atoms with Crippen LogP contribution in [0.2, 0.25) is 0 Å². The van der Waals surface area contributed by atoms with E-state index in [4.69, 9.17) is 0 Å². The van der Waals surface area contributed by atoms with Crippen LogP contribution in [0.5, 0.6) is 0 Å². The molecule has 0 saturated heterocycles. The Balaban J connectivity index is 2.47. The van der Waals surface area contributed by atoms with Crippen LogP contribution in [-0.2, 0) is 16.6 Å². The maximum atomic E-state index is 10.9. The highest BCUT2D eigenvalue weighted by atomic mass is 79.9. The minimum absolute atomic E-state index is 0.113. The van der Waals surface area contributed by atoms with Crippen molar-refractivity contribution >= 4 is 26.0 Å². The molecule has 1 aromatic heterocycles. The van der Waals surface area contributed by atoms with Crippen LogP contribution in [0.4, 0.5) is 0 Å². The van der Waals surface area contributed by atoms with Gasteiger partial charge in [0.05, 0.1) is 12.2 Å². The summed E-state index contributed by atoms with van der Waals surface area (Å²) in [6.45, 7) is 0.157. The molecule has 12 heavy (non-hydrogen) atoms. The number of alkyl halides is 1. The summed E-state index contributed by atoms with van der Waals surface area (Å²) in [7, 11) is -3.21. The maximum Gasteiger partial charge on any atom is 0.221 e. The van der Waals surface area contributed by atoms with E-state index in [2.05, 4.69) is 30.3 Å². The van der Waals surface area contributed by atoms with E-state index in [1.807, 2.05) is 0 Å². The molecule has 0 aliphatic rings. The van der Waals surface area contributed by atoms with Crippen molar-refractivity contribution in [2.75, 3.05) is 4.66 Å². The maximum absolute atomic E-state index is 10.9. The van der Waals surface area contributed by atoms with Gasteiger partial charge >= 0.3 is 0 Å². The van der Waals surface area contributed by atoms with Crippen molar-refractivity contribution in [1.29, 1.82) is 0 Å². The number of aromatic nitrogens is 1. The summed E-state index contributed by atoms with van der Waals surface area (Å²) in [5.74, 6) is 0. The Morgan fingerprint density at radius 3 is 2.92 bits per heavy atom. The Morgan fingerprint density at radius 2 is 2.42 bits per heavy atom. The van der Waals surface area contributed by atoms with Gasteiger partial charge in [0.2, 0.25) is 10.0 Å². The normalized spacial score (nSPS) is 11.8. The van der Waals surface area contributed by atoms with Crippen LogP contribution >= 0.6 is 15.9 Å². The third-order valence-corrected chi connectivity index (χ3v) is 3.79. The average Bonchev–Trinajstić information content (AvgIpc) is 2.53. The summed E-state index contributed by atoms with van der Waals surface area (Å²) < 4.78 is 28.5. The first kappa shape index (κ1) is 9.69. The second-order valence-corrected chi connectivity index (χ2v) is 5.15. The van der Waals surface area contributed by atoms with Gasteiger partial charge in [-0.1, -0.05) is 21.1 Å². The highest BCUT2D eigenvalue weighted by molar-refractivity contribution is 9.10. The number of hydrogen-bond acceptors (Lipinski definition) is 4. The summed E-state index contributed by atoms with van der Waals surface area (Å²) in [5, 5.41) is 3.54. The Hall–Kier alpha value is -0.400. The Bertz CT molecular complexity index is 320. The molecule has 0 fully saturated rings. The van der Waals surface area contributed by atoms with E-state index in [-0.39, 0.29) is 11.2 Å². The van der Waals surface area contributed by atoms with Gasteiger partial charge in [-0.05, 0) is 0 Å². The molecule has 0 unspecified atom stereocenters. The quantitative estimate of drug-likeness (QED) is 0.792. The van der Waals surface area contributed by atoms with Crippen molar-refractivity contribution in [2.45, 2.75) is 6.54 Å². The number of hydrogen-bond donors (Lipinski definition) is 1. The van der Waals surface area contributed by atoms with Gasteiger partial charge in [0, 0.05) is 6.07 Å². The minimum Gasteiger partial charge on any atom is -0.364 e. The molecule has 1 rings (SSSR count). The van der Waals surface area contributed by atoms with Crippen molar-refractivity contribution in [3.05, 3.63) is 18.0 Å². The number of sulfonamides is 1. The van der Waals surface area contributed by atoms with Crippen molar-refractivity contribution in [3.8, 4) is 0 Å². The highest BCUT2D eigenvalue weighted by Crippen LogP contribution is 1.96. The number of nitrogens with one attached hydrogen (secondary N) is 1. The van der Waals surface area contributed by atoms with E-state index in [9.17, 15) is 8.42 Å². The standard InChI is InChI=1S/C5H7BrN2O3S/c6-4-12(9,10)7-3-5-1-2-11-8-5/h1-2,7H,3-4H2. The van der Waals surface area contributed by atoms with Crippen LogP contribution < -0.4 is 4.72 Å². The van der Waals surface area contributed by atoms with Crippen LogP contribution in [0.1, 0.15) is 5.69 Å². The SMILES string of the molecule is O=S(=O)(CBr)NCc1ccon1. The Kier molecular flexibility index (Phi) is 3.24. The molecule has 0 aromatic carbocycles. The first-order valence-corrected chi connectivity index (χ1v) is 5.84. The van der Waals surface area contributed by atoms with Gasteiger partial charge in [-0.15, -0.1) is 0 Å². The van der Waals surface area contributed by atoms with Gasteiger partial charge in [0.1, 0.15) is 10.9 Å². The zero-order valence-electron chi connectivity index (χ0n) is 6.03. The van der Waals surface area contributed by atoms with Crippen LogP contribution in [0.3, 0.4) is 0 Å². The van der Waals surface area contributed by atoms with E-state index in [0.717, 1.165) is 0 Å². The van der Waals surface area contributed by atoms with Gasteiger partial charge in [0.15, 0.2) is 0 Å². The first-order valence-electron chi connectivity index (χ1n) is 3.06. The van der Waals surface area contributed by atoms with Crippen molar-refractivity contribution in [2.24, 2.45) is 0 Å². The van der Waals surface area contributed by atoms with Crippen LogP contribution in [0.25, 0.3) is 0 Å². The van der Waals surface area contributed by atoms with Gasteiger partial charge in [-0.2, -0.15) is 0 Å². The lowest BCUT2D eigenvalue weighted by Crippen LogP contribution is -2.23. The fourth-order valence-corrected chi connectivity index (χ4v) is 1.48. The molecule has 0 atom stereocenters. The number of rotatable bonds is 4. The molecule has 0 aliphatic heterocycles. The third kappa shape index (κ3) is 2.92. The van der Waals surface area contributed by atoms with Gasteiger partial charge in [-0.3, -0.25) is 0 Å². The van der Waals surface area contributed by atoms with Crippen molar-refractivity contribution < 1.29 is 12.9 Å². The molecule has 5 nitrogen and oxygen atoms in total. The molecule has 0 amide bonds. The van der Waals surface area contributed by atoms with Crippen molar-refractivity contribution in [3.63, 3.8) is 0 Å². The molecule has 1 aromatic rings. The zero-order valence-corrected chi connectivity index (χ0v) is 8.43. The molecule has 7 heteroatoms. The molecular weight excluding hydrogens is 248 g/mol. The first-order chi connectivity index (χ1) is 5.64. The van der Waals surface area contributed by atoms with Crippen LogP contribution in [0.15, 0.2) is 16.9 Å². The summed E-state index contributed by atoms with van der Waals surface area (Å²) >= 11 is 2.84. The van der Waals surface area contributed by atoms with Crippen LogP contribution in [0, 0.1) is 0 Å². The lowest BCUT2D eigenvalue weighted by molar-refractivity contribution is 0.411. The van der Waals surface area contributed by atoms with E-state index in [0.29, 0.717) is 5.69 Å². The topological polar surface area (TPSA) is 72.2 Å². The predicted octanol–water partition coefficient (Wildman–Crippen LogP) is 0.446. The monoisotopic (exact) mass is 254 g/mol. The van der Waals surface area contributed by atoms with E-state index in [1.54, 1.807) is 6.07 Å². The van der Waals surface area contributed by atoms with E-state index >= 15 is 0 Å². The van der Waals surface area contributed by atoms with Crippen molar-refractivity contribution in [1.82, 2.24) is 9.88 Å². The number of halogens is 1. The summed E-state index contributed by atoms with van der Waals surface area (Å²) in [4.78, 5) is 0.